The number of rotatable bonds is 2. The summed E-state index contributed by atoms with van der Waals surface area (Å²) in [6, 6.07) is 0. The van der Waals surface area contributed by atoms with E-state index in [1.165, 1.54) is 0 Å². The Hall–Kier alpha value is -1.32. The molecule has 0 saturated carbocycles. The van der Waals surface area contributed by atoms with Gasteiger partial charge in [0.05, 0.1) is 5.97 Å². The van der Waals surface area contributed by atoms with E-state index in [-0.39, 0.29) is 5.91 Å². The van der Waals surface area contributed by atoms with Crippen LogP contribution < -0.4 is 5.11 Å². The third kappa shape index (κ3) is 2.38. The zero-order chi connectivity index (χ0) is 8.97. The van der Waals surface area contributed by atoms with Gasteiger partial charge in [0, 0.05) is 19.2 Å². The van der Waals surface area contributed by atoms with E-state index < -0.39 is 5.97 Å². The van der Waals surface area contributed by atoms with Crippen LogP contribution in [0.2, 0.25) is 0 Å². The predicted octanol–water partition coefficient (Wildman–Crippen LogP) is -1.09. The highest BCUT2D eigenvalue weighted by atomic mass is 16.4. The number of aliphatic carboxylic acids is 1. The van der Waals surface area contributed by atoms with E-state index in [4.69, 9.17) is 0 Å². The molecule has 66 valence electrons. The quantitative estimate of drug-likeness (QED) is 0.492. The Labute approximate surface area is 70.5 Å². The molecule has 0 atom stereocenters. The second-order valence-electron chi connectivity index (χ2n) is 2.68. The number of carboxylic acids is 1. The monoisotopic (exact) mass is 168 g/mol. The average Bonchev–Trinajstić information content (AvgIpc) is 2.51. The van der Waals surface area contributed by atoms with Gasteiger partial charge in [0.25, 0.3) is 0 Å². The zero-order valence-corrected chi connectivity index (χ0v) is 6.66. The van der Waals surface area contributed by atoms with Crippen LogP contribution in [-0.4, -0.2) is 29.9 Å². The molecule has 4 nitrogen and oxygen atoms in total. The lowest BCUT2D eigenvalue weighted by Gasteiger charge is -2.11. The number of nitrogens with zero attached hydrogens (tertiary/aromatic N) is 1. The largest absolute Gasteiger partial charge is 0.545 e. The summed E-state index contributed by atoms with van der Waals surface area (Å²) in [5.74, 6) is -1.57. The summed E-state index contributed by atoms with van der Waals surface area (Å²) in [5.41, 5.74) is 0. The van der Waals surface area contributed by atoms with Gasteiger partial charge in [-0.05, 0) is 18.9 Å². The molecule has 0 radical (unpaired) electrons. The maximum Gasteiger partial charge on any atom is 0.246 e. The fourth-order valence-electron chi connectivity index (χ4n) is 1.18. The number of hydrogen-bond acceptors (Lipinski definition) is 3. The molecule has 0 aromatic carbocycles. The van der Waals surface area contributed by atoms with Gasteiger partial charge in [-0.2, -0.15) is 0 Å². The van der Waals surface area contributed by atoms with Crippen LogP contribution in [0.3, 0.4) is 0 Å². The van der Waals surface area contributed by atoms with Crippen LogP contribution in [0.15, 0.2) is 12.2 Å². The van der Waals surface area contributed by atoms with Crippen LogP contribution >= 0.6 is 0 Å². The van der Waals surface area contributed by atoms with Crippen LogP contribution in [-0.2, 0) is 9.59 Å². The van der Waals surface area contributed by atoms with Crippen molar-refractivity contribution in [2.75, 3.05) is 13.1 Å². The SMILES string of the molecule is O=C([O-])C=CC(=O)N1CCCC1. The standard InChI is InChI=1S/C8H11NO3/c10-7(3-4-8(11)12)9-5-1-2-6-9/h3-4H,1-2,5-6H2,(H,11,12)/p-1. The number of likely N-dealkylation sites (tertiary alicyclic amines) is 1. The first-order valence-electron chi connectivity index (χ1n) is 3.88. The summed E-state index contributed by atoms with van der Waals surface area (Å²) in [6.07, 6.45) is 3.82. The molecule has 4 heteroatoms. The molecule has 0 aromatic rings. The Bertz CT molecular complexity index is 216. The number of carboxylic acid groups (broad SMARTS) is 1. The molecule has 0 unspecified atom stereocenters. The fourth-order valence-corrected chi connectivity index (χ4v) is 1.18. The molecule has 1 saturated heterocycles. The van der Waals surface area contributed by atoms with E-state index in [1.807, 2.05) is 0 Å². The topological polar surface area (TPSA) is 60.4 Å². The maximum atomic E-state index is 11.1. The van der Waals surface area contributed by atoms with Gasteiger partial charge in [-0.3, -0.25) is 4.79 Å². The molecule has 0 N–H and O–H groups in total. The van der Waals surface area contributed by atoms with Crippen molar-refractivity contribution in [1.82, 2.24) is 4.90 Å². The highest BCUT2D eigenvalue weighted by molar-refractivity contribution is 5.93. The highest BCUT2D eigenvalue weighted by Gasteiger charge is 2.14. The van der Waals surface area contributed by atoms with Crippen molar-refractivity contribution in [1.29, 1.82) is 0 Å². The first-order chi connectivity index (χ1) is 5.70. The van der Waals surface area contributed by atoms with Crippen molar-refractivity contribution in [3.8, 4) is 0 Å². The predicted molar refractivity (Wildman–Crippen MR) is 40.0 cm³/mol. The fraction of sp³-hybridized carbons (Fsp3) is 0.500. The van der Waals surface area contributed by atoms with Gasteiger partial charge < -0.3 is 14.8 Å². The summed E-state index contributed by atoms with van der Waals surface area (Å²) in [6.45, 7) is 1.46. The molecule has 0 aromatic heterocycles. The summed E-state index contributed by atoms with van der Waals surface area (Å²) < 4.78 is 0. The molecule has 0 aliphatic carbocycles. The van der Waals surface area contributed by atoms with E-state index in [0.29, 0.717) is 0 Å². The van der Waals surface area contributed by atoms with Gasteiger partial charge in [0.2, 0.25) is 5.91 Å². The minimum atomic E-state index is -1.33. The van der Waals surface area contributed by atoms with E-state index in [1.54, 1.807) is 4.90 Å². The number of hydrogen-bond donors (Lipinski definition) is 0. The molecule has 1 fully saturated rings. The third-order valence-electron chi connectivity index (χ3n) is 1.78. The normalized spacial score (nSPS) is 17.2. The van der Waals surface area contributed by atoms with Gasteiger partial charge in [-0.25, -0.2) is 0 Å². The molecular formula is C8H10NO3-. The minimum Gasteiger partial charge on any atom is -0.545 e. The van der Waals surface area contributed by atoms with Gasteiger partial charge in [-0.15, -0.1) is 0 Å². The molecule has 1 aliphatic heterocycles. The molecule has 1 rings (SSSR count). The zero-order valence-electron chi connectivity index (χ0n) is 6.66. The second-order valence-corrected chi connectivity index (χ2v) is 2.68. The molecule has 0 bridgehead atoms. The second kappa shape index (κ2) is 3.90. The van der Waals surface area contributed by atoms with Crippen molar-refractivity contribution < 1.29 is 14.7 Å². The van der Waals surface area contributed by atoms with Crippen LogP contribution in [0, 0.1) is 0 Å². The van der Waals surface area contributed by atoms with Crippen molar-refractivity contribution >= 4 is 11.9 Å². The lowest BCUT2D eigenvalue weighted by Crippen LogP contribution is -2.26. The molecule has 1 aliphatic rings. The minimum absolute atomic E-state index is 0.239. The van der Waals surface area contributed by atoms with Crippen molar-refractivity contribution in [3.63, 3.8) is 0 Å². The van der Waals surface area contributed by atoms with E-state index in [2.05, 4.69) is 0 Å². The third-order valence-corrected chi connectivity index (χ3v) is 1.78. The molecule has 1 amide bonds. The Morgan fingerprint density at radius 1 is 1.17 bits per heavy atom. The Kier molecular flexibility index (Phi) is 2.85. The van der Waals surface area contributed by atoms with Crippen LogP contribution in [0.4, 0.5) is 0 Å². The number of carbonyl (C=O) groups is 2. The van der Waals surface area contributed by atoms with Crippen LogP contribution in [0.5, 0.6) is 0 Å². The summed E-state index contributed by atoms with van der Waals surface area (Å²) in [5, 5.41) is 9.95. The van der Waals surface area contributed by atoms with Gasteiger partial charge in [0.1, 0.15) is 0 Å². The lowest BCUT2D eigenvalue weighted by molar-refractivity contribution is -0.297. The first-order valence-corrected chi connectivity index (χ1v) is 3.88. The van der Waals surface area contributed by atoms with E-state index in [0.717, 1.165) is 38.1 Å². The molecule has 1 heterocycles. The van der Waals surface area contributed by atoms with E-state index in [9.17, 15) is 14.7 Å². The molecular weight excluding hydrogens is 158 g/mol. The number of carbonyl (C=O) groups excluding carboxylic acids is 2. The Morgan fingerprint density at radius 3 is 2.25 bits per heavy atom. The lowest BCUT2D eigenvalue weighted by atomic mass is 10.4. The molecule has 0 spiro atoms. The average molecular weight is 168 g/mol. The summed E-state index contributed by atoms with van der Waals surface area (Å²) >= 11 is 0. The van der Waals surface area contributed by atoms with Gasteiger partial charge >= 0.3 is 0 Å². The van der Waals surface area contributed by atoms with E-state index >= 15 is 0 Å². The first kappa shape index (κ1) is 8.77. The number of amides is 1. The summed E-state index contributed by atoms with van der Waals surface area (Å²) in [4.78, 5) is 22.7. The van der Waals surface area contributed by atoms with Gasteiger partial charge in [0.15, 0.2) is 0 Å². The van der Waals surface area contributed by atoms with Gasteiger partial charge in [-0.1, -0.05) is 0 Å². The Morgan fingerprint density at radius 2 is 1.75 bits per heavy atom. The van der Waals surface area contributed by atoms with Crippen molar-refractivity contribution in [2.24, 2.45) is 0 Å². The Balaban J connectivity index is 2.42. The smallest absolute Gasteiger partial charge is 0.246 e. The van der Waals surface area contributed by atoms with Crippen molar-refractivity contribution in [2.45, 2.75) is 12.8 Å². The maximum absolute atomic E-state index is 11.1. The van der Waals surface area contributed by atoms with Crippen LogP contribution in [0.25, 0.3) is 0 Å². The van der Waals surface area contributed by atoms with Crippen molar-refractivity contribution in [3.05, 3.63) is 12.2 Å². The van der Waals surface area contributed by atoms with Crippen LogP contribution in [0.1, 0.15) is 12.8 Å². The summed E-state index contributed by atoms with van der Waals surface area (Å²) in [7, 11) is 0. The molecule has 12 heavy (non-hydrogen) atoms. The highest BCUT2D eigenvalue weighted by Crippen LogP contribution is 2.07.